The predicted molar refractivity (Wildman–Crippen MR) is 181 cm³/mol. The fourth-order valence-corrected chi connectivity index (χ4v) is 11.9. The van der Waals surface area contributed by atoms with E-state index in [9.17, 15) is 46.0 Å². The van der Waals surface area contributed by atoms with Gasteiger partial charge in [-0.05, 0) is 91.8 Å². The Morgan fingerprint density at radius 1 is 0.885 bits per heavy atom. The Morgan fingerprint density at radius 2 is 1.63 bits per heavy atom. The predicted octanol–water partition coefficient (Wildman–Crippen LogP) is 0.274. The molecule has 0 radical (unpaired) electrons. The van der Waals surface area contributed by atoms with Gasteiger partial charge in [0.25, 0.3) is 0 Å². The molecule has 9 N–H and O–H groups in total. The van der Waals surface area contributed by atoms with Crippen molar-refractivity contribution in [3.8, 4) is 0 Å². The van der Waals surface area contributed by atoms with Crippen molar-refractivity contribution in [2.75, 3.05) is 13.2 Å². The maximum Gasteiger partial charge on any atom is 0.189 e. The molecule has 52 heavy (non-hydrogen) atoms. The summed E-state index contributed by atoms with van der Waals surface area (Å²) in [5, 5.41) is 93.4. The molecule has 0 aromatic heterocycles. The van der Waals surface area contributed by atoms with Crippen LogP contribution < -0.4 is 0 Å². The average molecular weight is 743 g/mol. The zero-order valence-corrected chi connectivity index (χ0v) is 30.8. The summed E-state index contributed by atoms with van der Waals surface area (Å²) >= 11 is 0. The summed E-state index contributed by atoms with van der Waals surface area (Å²) in [6.07, 6.45) is -6.44. The summed E-state index contributed by atoms with van der Waals surface area (Å²) in [7, 11) is 0. The van der Waals surface area contributed by atoms with E-state index in [-0.39, 0.29) is 47.4 Å². The van der Waals surface area contributed by atoms with Gasteiger partial charge in [-0.3, -0.25) is 0 Å². The Labute approximate surface area is 305 Å². The molecular weight excluding hydrogens is 680 g/mol. The van der Waals surface area contributed by atoms with Gasteiger partial charge in [-0.15, -0.1) is 0 Å². The molecule has 0 aromatic rings. The van der Waals surface area contributed by atoms with Crippen LogP contribution in [-0.2, 0) is 23.7 Å². The first-order valence-corrected chi connectivity index (χ1v) is 19.6. The molecule has 4 aliphatic carbocycles. The van der Waals surface area contributed by atoms with E-state index in [0.717, 1.165) is 38.5 Å². The highest BCUT2D eigenvalue weighted by Gasteiger charge is 2.68. The summed E-state index contributed by atoms with van der Waals surface area (Å²) in [4.78, 5) is 0. The molecule has 7 aliphatic rings. The van der Waals surface area contributed by atoms with Crippen molar-refractivity contribution >= 4 is 0 Å². The van der Waals surface area contributed by atoms with Gasteiger partial charge in [0, 0.05) is 18.9 Å². The largest absolute Gasteiger partial charge is 0.396 e. The van der Waals surface area contributed by atoms with Crippen molar-refractivity contribution in [1.29, 1.82) is 0 Å². The lowest BCUT2D eigenvalue weighted by molar-refractivity contribution is -0.388. The number of rotatable bonds is 9. The minimum atomic E-state index is -1.87. The minimum absolute atomic E-state index is 0.0161. The lowest BCUT2D eigenvalue weighted by Gasteiger charge is -2.58. The molecule has 0 spiro atoms. The van der Waals surface area contributed by atoms with E-state index >= 15 is 0 Å². The zero-order chi connectivity index (χ0) is 37.5. The fourth-order valence-electron chi connectivity index (χ4n) is 11.9. The highest BCUT2D eigenvalue weighted by atomic mass is 16.8. The van der Waals surface area contributed by atoms with Crippen LogP contribution in [0.5, 0.6) is 0 Å². The molecule has 14 heteroatoms. The van der Waals surface area contributed by atoms with Gasteiger partial charge in [-0.25, -0.2) is 0 Å². The standard InChI is InChI=1S/C38H62O14/c1-17(15-39)7-12-38(47)18(2)26-24(52-38)14-23-21-6-5-19-13-20(8-10-36(19,3)22(21)9-11-37(23,26)4)48-35-32(29(43)27(41)25(16-40)49-35)50-34-31(45)28(42)30(44)33(46)51-34/h5,17-18,20-35,39-47H,6-16H2,1-4H3. The number of hydrogen-bond acceptors (Lipinski definition) is 14. The maximum atomic E-state index is 11.7. The Bertz CT molecular complexity index is 1300. The summed E-state index contributed by atoms with van der Waals surface area (Å²) in [5.41, 5.74) is 1.36. The van der Waals surface area contributed by atoms with E-state index in [1.165, 1.54) is 5.57 Å². The molecular formula is C38H62O14. The van der Waals surface area contributed by atoms with Crippen LogP contribution in [-0.4, -0.2) is 139 Å². The van der Waals surface area contributed by atoms with E-state index in [1.54, 1.807) is 0 Å². The van der Waals surface area contributed by atoms with Crippen LogP contribution in [0.15, 0.2) is 11.6 Å². The summed E-state index contributed by atoms with van der Waals surface area (Å²) < 4.78 is 29.9. The van der Waals surface area contributed by atoms with Gasteiger partial charge in [-0.2, -0.15) is 0 Å². The Morgan fingerprint density at radius 3 is 2.35 bits per heavy atom. The SMILES string of the molecule is CC(CO)CCC1(O)OC2CC3C4CC=C5CC(OC6OC(CO)C(O)C(O)C6OC6OC(O)C(O)C(O)C6O)CCC5(C)C4CCC3(C)C2C1C. The number of ether oxygens (including phenoxy) is 5. The van der Waals surface area contributed by atoms with Crippen molar-refractivity contribution in [1.82, 2.24) is 0 Å². The molecule has 21 unspecified atom stereocenters. The monoisotopic (exact) mass is 742 g/mol. The number of allylic oxidation sites excluding steroid dienone is 1. The van der Waals surface area contributed by atoms with Crippen LogP contribution in [0.25, 0.3) is 0 Å². The van der Waals surface area contributed by atoms with Crippen molar-refractivity contribution in [3.05, 3.63) is 11.6 Å². The molecule has 21 atom stereocenters. The maximum absolute atomic E-state index is 11.7. The lowest BCUT2D eigenvalue weighted by atomic mass is 9.47. The van der Waals surface area contributed by atoms with Crippen LogP contribution in [0.4, 0.5) is 0 Å². The van der Waals surface area contributed by atoms with Crippen molar-refractivity contribution in [3.63, 3.8) is 0 Å². The van der Waals surface area contributed by atoms with E-state index < -0.39 is 74.0 Å². The van der Waals surface area contributed by atoms with E-state index in [4.69, 9.17) is 23.7 Å². The van der Waals surface area contributed by atoms with E-state index in [1.807, 2.05) is 6.92 Å². The lowest BCUT2D eigenvalue weighted by Crippen LogP contribution is -2.64. The second-order valence-electron chi connectivity index (χ2n) is 17.9. The summed E-state index contributed by atoms with van der Waals surface area (Å²) in [6, 6.07) is 0. The first kappa shape index (κ1) is 39.4. The molecule has 14 nitrogen and oxygen atoms in total. The van der Waals surface area contributed by atoms with Crippen LogP contribution in [0.1, 0.15) is 85.5 Å². The zero-order valence-electron chi connectivity index (χ0n) is 30.8. The Kier molecular flexibility index (Phi) is 11.1. The van der Waals surface area contributed by atoms with Crippen LogP contribution >= 0.6 is 0 Å². The van der Waals surface area contributed by atoms with E-state index in [2.05, 4.69) is 26.8 Å². The molecule has 298 valence electrons. The third-order valence-electron chi connectivity index (χ3n) is 15.0. The first-order valence-electron chi connectivity index (χ1n) is 19.6. The molecule has 0 aromatic carbocycles. The van der Waals surface area contributed by atoms with Crippen LogP contribution in [0.3, 0.4) is 0 Å². The van der Waals surface area contributed by atoms with Crippen molar-refractivity contribution in [2.45, 2.75) is 165 Å². The Balaban J connectivity index is 1.04. The van der Waals surface area contributed by atoms with Crippen molar-refractivity contribution < 1.29 is 69.6 Å². The molecule has 7 rings (SSSR count). The van der Waals surface area contributed by atoms with Gasteiger partial charge < -0.3 is 69.6 Å². The average Bonchev–Trinajstić information content (AvgIpc) is 3.56. The normalized spacial score (nSPS) is 55.2. The highest BCUT2D eigenvalue weighted by molar-refractivity contribution is 5.26. The molecule has 0 bridgehead atoms. The van der Waals surface area contributed by atoms with Gasteiger partial charge in [0.15, 0.2) is 24.7 Å². The van der Waals surface area contributed by atoms with Crippen molar-refractivity contribution in [2.24, 2.45) is 46.3 Å². The molecule has 3 aliphatic heterocycles. The second kappa shape index (κ2) is 14.6. The third-order valence-corrected chi connectivity index (χ3v) is 15.0. The smallest absolute Gasteiger partial charge is 0.189 e. The topological polar surface area (TPSA) is 228 Å². The first-order chi connectivity index (χ1) is 24.6. The van der Waals surface area contributed by atoms with Gasteiger partial charge in [0.2, 0.25) is 0 Å². The quantitative estimate of drug-likeness (QED) is 0.145. The number of hydrogen-bond donors (Lipinski definition) is 9. The van der Waals surface area contributed by atoms with E-state index in [0.29, 0.717) is 37.0 Å². The molecule has 3 heterocycles. The molecule has 0 amide bonds. The second-order valence-corrected chi connectivity index (χ2v) is 17.9. The molecule has 3 saturated heterocycles. The third kappa shape index (κ3) is 6.44. The summed E-state index contributed by atoms with van der Waals surface area (Å²) in [5.74, 6) is 0.745. The van der Waals surface area contributed by atoms with Crippen LogP contribution in [0.2, 0.25) is 0 Å². The molecule has 3 saturated carbocycles. The van der Waals surface area contributed by atoms with Crippen LogP contribution in [0, 0.1) is 46.3 Å². The van der Waals surface area contributed by atoms with Gasteiger partial charge in [-0.1, -0.05) is 39.3 Å². The summed E-state index contributed by atoms with van der Waals surface area (Å²) in [6.45, 7) is 8.47. The number of aliphatic hydroxyl groups excluding tert-OH is 8. The Hall–Kier alpha value is -0.820. The fraction of sp³-hybridized carbons (Fsp3) is 0.947. The van der Waals surface area contributed by atoms with Gasteiger partial charge in [0.1, 0.15) is 42.7 Å². The van der Waals surface area contributed by atoms with Gasteiger partial charge in [0.05, 0.1) is 18.8 Å². The molecule has 6 fully saturated rings. The van der Waals surface area contributed by atoms with Gasteiger partial charge >= 0.3 is 0 Å². The number of aliphatic hydroxyl groups is 9. The minimum Gasteiger partial charge on any atom is -0.396 e. The highest BCUT2D eigenvalue weighted by Crippen LogP contribution is 2.70. The number of fused-ring (bicyclic) bond motifs is 7.